The van der Waals surface area contributed by atoms with Crippen molar-refractivity contribution in [2.24, 2.45) is 5.73 Å². The van der Waals surface area contributed by atoms with Crippen molar-refractivity contribution in [1.29, 1.82) is 0 Å². The van der Waals surface area contributed by atoms with Crippen molar-refractivity contribution in [1.82, 2.24) is 9.62 Å². The van der Waals surface area contributed by atoms with Gasteiger partial charge in [0.05, 0.1) is 11.4 Å². The molecule has 0 spiro atoms. The van der Waals surface area contributed by atoms with E-state index in [9.17, 15) is 17.6 Å². The fraction of sp³-hybridized carbons (Fsp3) is 0.462. The van der Waals surface area contributed by atoms with Crippen molar-refractivity contribution in [3.63, 3.8) is 0 Å². The highest BCUT2D eigenvalue weighted by atomic mass is 32.2. The van der Waals surface area contributed by atoms with Gasteiger partial charge in [0, 0.05) is 25.2 Å². The van der Waals surface area contributed by atoms with Crippen molar-refractivity contribution in [3.05, 3.63) is 29.6 Å². The first kappa shape index (κ1) is 17.5. The van der Waals surface area contributed by atoms with Crippen molar-refractivity contribution < 1.29 is 17.6 Å². The third-order valence-corrected chi connectivity index (χ3v) is 4.84. The topological polar surface area (TPSA) is 92.5 Å². The van der Waals surface area contributed by atoms with Crippen LogP contribution in [0.1, 0.15) is 19.4 Å². The van der Waals surface area contributed by atoms with Gasteiger partial charge in [-0.05, 0) is 25.1 Å². The Hall–Kier alpha value is -1.51. The Morgan fingerprint density at radius 2 is 2.05 bits per heavy atom. The van der Waals surface area contributed by atoms with Crippen molar-refractivity contribution >= 4 is 15.9 Å². The zero-order chi connectivity index (χ0) is 16.0. The maximum Gasteiger partial charge on any atom is 0.243 e. The normalized spacial score (nSPS) is 11.7. The molecule has 1 rings (SSSR count). The predicted octanol–water partition coefficient (Wildman–Crippen LogP) is 0.431. The SMILES string of the molecule is CCNC(=O)CN(CC)S(=O)(=O)c1ccc(F)c(CN)c1. The van der Waals surface area contributed by atoms with Gasteiger partial charge in [-0.2, -0.15) is 4.31 Å². The van der Waals surface area contributed by atoms with Gasteiger partial charge in [-0.15, -0.1) is 0 Å². The molecule has 0 radical (unpaired) electrons. The lowest BCUT2D eigenvalue weighted by molar-refractivity contribution is -0.121. The maximum absolute atomic E-state index is 13.4. The number of hydrogen-bond donors (Lipinski definition) is 2. The van der Waals surface area contributed by atoms with E-state index < -0.39 is 15.8 Å². The van der Waals surface area contributed by atoms with Gasteiger partial charge in [0.15, 0.2) is 0 Å². The van der Waals surface area contributed by atoms with Crippen LogP contribution in [0.4, 0.5) is 4.39 Å². The summed E-state index contributed by atoms with van der Waals surface area (Å²) < 4.78 is 39.4. The Morgan fingerprint density at radius 1 is 1.38 bits per heavy atom. The minimum atomic E-state index is -3.86. The Bertz CT molecular complexity index is 605. The highest BCUT2D eigenvalue weighted by Crippen LogP contribution is 2.18. The molecule has 0 aromatic heterocycles. The predicted molar refractivity (Wildman–Crippen MR) is 77.4 cm³/mol. The largest absolute Gasteiger partial charge is 0.355 e. The maximum atomic E-state index is 13.4. The van der Waals surface area contributed by atoms with Gasteiger partial charge < -0.3 is 11.1 Å². The standard InChI is InChI=1S/C13H20FN3O3S/c1-3-16-13(18)9-17(4-2)21(19,20)11-5-6-12(14)10(7-11)8-15/h5-7H,3-4,8-9,15H2,1-2H3,(H,16,18). The zero-order valence-corrected chi connectivity index (χ0v) is 12.9. The number of benzene rings is 1. The summed E-state index contributed by atoms with van der Waals surface area (Å²) in [7, 11) is -3.86. The average Bonchev–Trinajstić information content (AvgIpc) is 2.45. The van der Waals surface area contributed by atoms with Gasteiger partial charge in [-0.1, -0.05) is 6.92 Å². The number of nitrogens with zero attached hydrogens (tertiary/aromatic N) is 1. The molecule has 0 fully saturated rings. The van der Waals surface area contributed by atoms with Crippen LogP contribution >= 0.6 is 0 Å². The number of amides is 1. The van der Waals surface area contributed by atoms with E-state index >= 15 is 0 Å². The summed E-state index contributed by atoms with van der Waals surface area (Å²) in [5, 5.41) is 2.54. The van der Waals surface area contributed by atoms with Gasteiger partial charge in [-0.3, -0.25) is 4.79 Å². The molecule has 1 aromatic carbocycles. The number of sulfonamides is 1. The molecule has 8 heteroatoms. The fourth-order valence-corrected chi connectivity index (χ4v) is 3.25. The number of likely N-dealkylation sites (N-methyl/N-ethyl adjacent to an activating group) is 2. The van der Waals surface area contributed by atoms with Crippen LogP contribution in [0.5, 0.6) is 0 Å². The van der Waals surface area contributed by atoms with Crippen LogP contribution < -0.4 is 11.1 Å². The monoisotopic (exact) mass is 317 g/mol. The highest BCUT2D eigenvalue weighted by Gasteiger charge is 2.25. The summed E-state index contributed by atoms with van der Waals surface area (Å²) >= 11 is 0. The summed E-state index contributed by atoms with van der Waals surface area (Å²) in [5.41, 5.74) is 5.50. The zero-order valence-electron chi connectivity index (χ0n) is 12.1. The quantitative estimate of drug-likeness (QED) is 0.763. The molecule has 0 unspecified atom stereocenters. The molecule has 0 atom stereocenters. The van der Waals surface area contributed by atoms with Crippen LogP contribution in [0, 0.1) is 5.82 Å². The Kier molecular flexibility index (Phi) is 6.25. The Morgan fingerprint density at radius 3 is 2.57 bits per heavy atom. The first-order valence-electron chi connectivity index (χ1n) is 6.62. The second-order valence-corrected chi connectivity index (χ2v) is 6.28. The minimum absolute atomic E-state index is 0.0736. The third-order valence-electron chi connectivity index (χ3n) is 2.92. The molecule has 0 heterocycles. The van der Waals surface area contributed by atoms with E-state index in [1.165, 1.54) is 12.1 Å². The van der Waals surface area contributed by atoms with Crippen molar-refractivity contribution in [3.8, 4) is 0 Å². The Labute approximate surface area is 124 Å². The molecule has 21 heavy (non-hydrogen) atoms. The van der Waals surface area contributed by atoms with E-state index in [4.69, 9.17) is 5.73 Å². The van der Waals surface area contributed by atoms with E-state index in [1.807, 2.05) is 0 Å². The van der Waals surface area contributed by atoms with Gasteiger partial charge >= 0.3 is 0 Å². The number of nitrogens with one attached hydrogen (secondary N) is 1. The van der Waals surface area contributed by atoms with Crippen LogP contribution in [-0.4, -0.2) is 38.3 Å². The number of carbonyl (C=O) groups excluding carboxylic acids is 1. The summed E-state index contributed by atoms with van der Waals surface area (Å²) in [6, 6.07) is 3.43. The van der Waals surface area contributed by atoms with Crippen LogP contribution in [0.25, 0.3) is 0 Å². The van der Waals surface area contributed by atoms with Gasteiger partial charge in [0.2, 0.25) is 15.9 Å². The summed E-state index contributed by atoms with van der Waals surface area (Å²) in [6.45, 7) is 3.55. The van der Waals surface area contributed by atoms with Crippen molar-refractivity contribution in [2.75, 3.05) is 19.6 Å². The molecular weight excluding hydrogens is 297 g/mol. The van der Waals surface area contributed by atoms with Crippen LogP contribution in [0.3, 0.4) is 0 Å². The van der Waals surface area contributed by atoms with Crippen LogP contribution in [0.15, 0.2) is 23.1 Å². The van der Waals surface area contributed by atoms with Gasteiger partial charge in [0.1, 0.15) is 5.82 Å². The number of hydrogen-bond acceptors (Lipinski definition) is 4. The molecule has 0 aliphatic rings. The molecule has 3 N–H and O–H groups in total. The minimum Gasteiger partial charge on any atom is -0.355 e. The summed E-state index contributed by atoms with van der Waals surface area (Å²) in [6.07, 6.45) is 0. The van der Waals surface area contributed by atoms with E-state index in [1.54, 1.807) is 13.8 Å². The van der Waals surface area contributed by atoms with Gasteiger partial charge in [-0.25, -0.2) is 12.8 Å². The van der Waals surface area contributed by atoms with Gasteiger partial charge in [0.25, 0.3) is 0 Å². The summed E-state index contributed by atoms with van der Waals surface area (Å²) in [4.78, 5) is 11.5. The molecule has 1 aromatic rings. The lowest BCUT2D eigenvalue weighted by Crippen LogP contribution is -2.40. The number of halogens is 1. The molecule has 0 aliphatic carbocycles. The number of nitrogens with two attached hydrogens (primary N) is 1. The second-order valence-electron chi connectivity index (χ2n) is 4.34. The van der Waals surface area contributed by atoms with Crippen LogP contribution in [0.2, 0.25) is 0 Å². The lowest BCUT2D eigenvalue weighted by atomic mass is 10.2. The molecule has 0 saturated heterocycles. The lowest BCUT2D eigenvalue weighted by Gasteiger charge is -2.20. The van der Waals surface area contributed by atoms with E-state index in [-0.39, 0.29) is 36.0 Å². The second kappa shape index (κ2) is 7.48. The molecule has 118 valence electrons. The third kappa shape index (κ3) is 4.23. The molecule has 6 nitrogen and oxygen atoms in total. The first-order chi connectivity index (χ1) is 9.86. The summed E-state index contributed by atoms with van der Waals surface area (Å²) in [5.74, 6) is -0.938. The molecule has 0 aliphatic heterocycles. The molecular formula is C13H20FN3O3S. The highest BCUT2D eigenvalue weighted by molar-refractivity contribution is 7.89. The molecule has 0 saturated carbocycles. The number of rotatable bonds is 7. The smallest absolute Gasteiger partial charge is 0.243 e. The Balaban J connectivity index is 3.09. The number of carbonyl (C=O) groups is 1. The average molecular weight is 317 g/mol. The van der Waals surface area contributed by atoms with Crippen molar-refractivity contribution in [2.45, 2.75) is 25.3 Å². The van der Waals surface area contributed by atoms with E-state index in [2.05, 4.69) is 5.32 Å². The van der Waals surface area contributed by atoms with Crippen LogP contribution in [-0.2, 0) is 21.4 Å². The molecule has 1 amide bonds. The van der Waals surface area contributed by atoms with E-state index in [0.29, 0.717) is 6.54 Å². The first-order valence-corrected chi connectivity index (χ1v) is 8.06. The van der Waals surface area contributed by atoms with E-state index in [0.717, 1.165) is 10.4 Å². The molecule has 0 bridgehead atoms. The fourth-order valence-electron chi connectivity index (χ4n) is 1.80.